The largest absolute Gasteiger partial charge is 0.352 e. The molecule has 0 unspecified atom stereocenters. The van der Waals surface area contributed by atoms with E-state index in [2.05, 4.69) is 9.68 Å². The van der Waals surface area contributed by atoms with Gasteiger partial charge in [0.2, 0.25) is 5.91 Å². The van der Waals surface area contributed by atoms with Gasteiger partial charge in [-0.2, -0.15) is 0 Å². The third-order valence-corrected chi connectivity index (χ3v) is 3.85. The second kappa shape index (κ2) is 9.06. The third-order valence-electron chi connectivity index (χ3n) is 3.85. The fraction of sp³-hybridized carbons (Fsp3) is 0.562. The molecule has 0 spiro atoms. The molecular formula is C16H19N3O9. The van der Waals surface area contributed by atoms with Crippen molar-refractivity contribution >= 4 is 41.5 Å². The molecule has 2 saturated heterocycles. The number of carbonyl (C=O) groups is 7. The molecule has 152 valence electrons. The van der Waals surface area contributed by atoms with Gasteiger partial charge in [-0.15, -0.1) is 10.1 Å². The number of amides is 5. The summed E-state index contributed by atoms with van der Waals surface area (Å²) in [5.41, 5.74) is 0. The molecule has 0 aromatic heterocycles. The van der Waals surface area contributed by atoms with E-state index in [-0.39, 0.29) is 32.1 Å². The highest BCUT2D eigenvalue weighted by Crippen LogP contribution is 2.14. The normalized spacial score (nSPS) is 16.6. The number of hydrogen-bond acceptors (Lipinski definition) is 9. The summed E-state index contributed by atoms with van der Waals surface area (Å²) in [5, 5.41) is 0.648. The first-order valence-electron chi connectivity index (χ1n) is 8.63. The van der Waals surface area contributed by atoms with Crippen LogP contribution in [0.1, 0.15) is 45.4 Å². The van der Waals surface area contributed by atoms with E-state index in [1.807, 2.05) is 0 Å². The number of carbonyl (C=O) groups excluding carboxylic acids is 7. The smallest absolute Gasteiger partial charge is 0.328 e. The van der Waals surface area contributed by atoms with Crippen molar-refractivity contribution in [3.63, 3.8) is 0 Å². The number of rotatable bonds is 8. The van der Waals surface area contributed by atoms with Crippen molar-refractivity contribution in [2.45, 2.75) is 45.4 Å². The molecule has 0 aromatic carbocycles. The van der Waals surface area contributed by atoms with E-state index < -0.39 is 54.6 Å². The van der Waals surface area contributed by atoms with E-state index >= 15 is 0 Å². The van der Waals surface area contributed by atoms with Crippen molar-refractivity contribution in [2.75, 3.05) is 13.1 Å². The second-order valence-corrected chi connectivity index (χ2v) is 6.09. The Kier molecular flexibility index (Phi) is 6.79. The maximum absolute atomic E-state index is 12.2. The summed E-state index contributed by atoms with van der Waals surface area (Å²) in [7, 11) is 0. The average Bonchev–Trinajstić information content (AvgIpc) is 3.11. The Morgan fingerprint density at radius 1 is 0.786 bits per heavy atom. The predicted octanol–water partition coefficient (Wildman–Crippen LogP) is -1.17. The summed E-state index contributed by atoms with van der Waals surface area (Å²) in [6.07, 6.45) is 0.0720. The molecule has 0 saturated carbocycles. The van der Waals surface area contributed by atoms with E-state index in [0.717, 1.165) is 4.90 Å². The van der Waals surface area contributed by atoms with Crippen LogP contribution in [0.5, 0.6) is 0 Å². The molecule has 0 bridgehead atoms. The van der Waals surface area contributed by atoms with E-state index in [1.54, 1.807) is 6.92 Å². The van der Waals surface area contributed by atoms with E-state index in [4.69, 9.17) is 0 Å². The van der Waals surface area contributed by atoms with Gasteiger partial charge in [0.1, 0.15) is 13.1 Å². The monoisotopic (exact) mass is 397 g/mol. The molecule has 28 heavy (non-hydrogen) atoms. The van der Waals surface area contributed by atoms with Crippen LogP contribution in [-0.2, 0) is 43.2 Å². The molecule has 2 rings (SSSR count). The maximum Gasteiger partial charge on any atom is 0.352 e. The third kappa shape index (κ3) is 5.11. The lowest BCUT2D eigenvalue weighted by Crippen LogP contribution is -2.44. The molecule has 0 radical (unpaired) electrons. The minimum atomic E-state index is -1.10. The average molecular weight is 397 g/mol. The number of nitrogens with zero attached hydrogens (tertiary/aromatic N) is 3. The fourth-order valence-electron chi connectivity index (χ4n) is 2.49. The topological polar surface area (TPSA) is 148 Å². The number of imide groups is 2. The molecule has 2 fully saturated rings. The molecule has 12 nitrogen and oxygen atoms in total. The lowest BCUT2D eigenvalue weighted by Gasteiger charge is -2.22. The summed E-state index contributed by atoms with van der Waals surface area (Å²) in [4.78, 5) is 92.2. The van der Waals surface area contributed by atoms with Crippen LogP contribution in [0.15, 0.2) is 0 Å². The van der Waals surface area contributed by atoms with Crippen molar-refractivity contribution in [1.82, 2.24) is 15.0 Å². The van der Waals surface area contributed by atoms with Crippen molar-refractivity contribution < 1.29 is 43.2 Å². The van der Waals surface area contributed by atoms with E-state index in [9.17, 15) is 33.6 Å². The van der Waals surface area contributed by atoms with Crippen LogP contribution in [-0.4, -0.2) is 69.6 Å². The molecule has 0 N–H and O–H groups in total. The Balaban J connectivity index is 1.97. The zero-order valence-corrected chi connectivity index (χ0v) is 15.2. The molecule has 0 atom stereocenters. The molecular weight excluding hydrogens is 378 g/mol. The molecule has 0 aromatic rings. The first kappa shape index (κ1) is 21.0. The predicted molar refractivity (Wildman–Crippen MR) is 85.8 cm³/mol. The zero-order chi connectivity index (χ0) is 20.8. The van der Waals surface area contributed by atoms with Gasteiger partial charge >= 0.3 is 11.9 Å². The van der Waals surface area contributed by atoms with Crippen molar-refractivity contribution in [3.8, 4) is 0 Å². The molecule has 12 heteroatoms. The first-order chi connectivity index (χ1) is 13.2. The van der Waals surface area contributed by atoms with E-state index in [0.29, 0.717) is 16.5 Å². The van der Waals surface area contributed by atoms with E-state index in [1.165, 1.54) is 0 Å². The fourth-order valence-corrected chi connectivity index (χ4v) is 2.49. The van der Waals surface area contributed by atoms with Gasteiger partial charge in [-0.05, 0) is 6.42 Å². The first-order valence-corrected chi connectivity index (χ1v) is 8.63. The standard InChI is InChI=1S/C16H19N3O9/c1-2-3-10(20)17(8-15(25)27-18-11(21)4-5-12(18)22)9-16(26)28-19-13(23)6-7-14(19)24/h2-9H2,1H3. The number of hydrogen-bond donors (Lipinski definition) is 0. The second-order valence-electron chi connectivity index (χ2n) is 6.09. The van der Waals surface area contributed by atoms with Crippen LogP contribution >= 0.6 is 0 Å². The van der Waals surface area contributed by atoms with Gasteiger partial charge in [-0.3, -0.25) is 24.0 Å². The zero-order valence-electron chi connectivity index (χ0n) is 15.2. The van der Waals surface area contributed by atoms with Crippen LogP contribution in [0, 0.1) is 0 Å². The lowest BCUT2D eigenvalue weighted by molar-refractivity contribution is -0.201. The van der Waals surface area contributed by atoms with Gasteiger partial charge in [0, 0.05) is 32.1 Å². The van der Waals surface area contributed by atoms with Crippen LogP contribution in [0.4, 0.5) is 0 Å². The molecule has 2 aliphatic heterocycles. The van der Waals surface area contributed by atoms with Gasteiger partial charge in [0.15, 0.2) is 0 Å². The molecule has 2 aliphatic rings. The summed E-state index contributed by atoms with van der Waals surface area (Å²) >= 11 is 0. The van der Waals surface area contributed by atoms with Gasteiger partial charge in [0.05, 0.1) is 0 Å². The van der Waals surface area contributed by atoms with Crippen molar-refractivity contribution in [2.24, 2.45) is 0 Å². The SMILES string of the molecule is CCCC(=O)N(CC(=O)ON1C(=O)CCC1=O)CC(=O)ON1C(=O)CCC1=O. The van der Waals surface area contributed by atoms with Gasteiger partial charge in [-0.1, -0.05) is 6.92 Å². The minimum absolute atomic E-state index is 0.00368. The highest BCUT2D eigenvalue weighted by Gasteiger charge is 2.35. The van der Waals surface area contributed by atoms with Crippen molar-refractivity contribution in [1.29, 1.82) is 0 Å². The minimum Gasteiger partial charge on any atom is -0.328 e. The summed E-state index contributed by atoms with van der Waals surface area (Å²) < 4.78 is 0. The molecule has 0 aliphatic carbocycles. The quantitative estimate of drug-likeness (QED) is 0.462. The summed E-state index contributed by atoms with van der Waals surface area (Å²) in [5.74, 6) is -5.53. The maximum atomic E-state index is 12.2. The van der Waals surface area contributed by atoms with Gasteiger partial charge in [-0.25, -0.2) is 9.59 Å². The van der Waals surface area contributed by atoms with Crippen molar-refractivity contribution in [3.05, 3.63) is 0 Å². The molecule has 2 heterocycles. The summed E-state index contributed by atoms with van der Waals surface area (Å²) in [6.45, 7) is 0.246. The number of hydroxylamine groups is 4. The Hall–Kier alpha value is -3.31. The van der Waals surface area contributed by atoms with Crippen LogP contribution in [0.3, 0.4) is 0 Å². The summed E-state index contributed by atoms with van der Waals surface area (Å²) in [6, 6.07) is 0. The highest BCUT2D eigenvalue weighted by molar-refractivity contribution is 6.02. The Morgan fingerprint density at radius 2 is 1.14 bits per heavy atom. The molecule has 5 amide bonds. The van der Waals surface area contributed by atoms with Gasteiger partial charge in [0.25, 0.3) is 23.6 Å². The lowest BCUT2D eigenvalue weighted by atomic mass is 10.3. The van der Waals surface area contributed by atoms with Crippen LogP contribution < -0.4 is 0 Å². The van der Waals surface area contributed by atoms with Gasteiger partial charge < -0.3 is 14.6 Å². The van der Waals surface area contributed by atoms with Crippen LogP contribution in [0.25, 0.3) is 0 Å². The Bertz CT molecular complexity index is 649. The highest BCUT2D eigenvalue weighted by atomic mass is 16.7. The Morgan fingerprint density at radius 3 is 1.46 bits per heavy atom. The van der Waals surface area contributed by atoms with Crippen LogP contribution in [0.2, 0.25) is 0 Å². The Labute approximate surface area is 159 Å².